The van der Waals surface area contributed by atoms with E-state index in [-0.39, 0.29) is 11.9 Å². The lowest BCUT2D eigenvalue weighted by molar-refractivity contribution is 0.305. The summed E-state index contributed by atoms with van der Waals surface area (Å²) in [5.74, 6) is -0.0458. The Bertz CT molecular complexity index is 437. The maximum atomic E-state index is 12.1. The molecule has 7 nitrogen and oxygen atoms in total. The van der Waals surface area contributed by atoms with Crippen LogP contribution in [0.4, 0.5) is 0 Å². The van der Waals surface area contributed by atoms with Crippen LogP contribution in [0, 0.1) is 0 Å². The number of hydrogen-bond acceptors (Lipinski definition) is 4. The molecule has 2 rings (SSSR count). The van der Waals surface area contributed by atoms with Crippen molar-refractivity contribution >= 4 is 16.0 Å². The highest BCUT2D eigenvalue weighted by Gasteiger charge is 2.40. The molecule has 0 heterocycles. The molecule has 0 aromatic heterocycles. The molecule has 5 N–H and O–H groups in total. The Kier molecular flexibility index (Phi) is 4.32. The highest BCUT2D eigenvalue weighted by atomic mass is 32.2. The summed E-state index contributed by atoms with van der Waals surface area (Å²) < 4.78 is 29.3. The van der Waals surface area contributed by atoms with E-state index in [1.807, 2.05) is 0 Å². The summed E-state index contributed by atoms with van der Waals surface area (Å²) in [5.41, 5.74) is 4.80. The van der Waals surface area contributed by atoms with Crippen molar-refractivity contribution in [3.8, 4) is 0 Å². The molecule has 19 heavy (non-hydrogen) atoms. The van der Waals surface area contributed by atoms with Crippen LogP contribution in [0.15, 0.2) is 5.16 Å². The van der Waals surface area contributed by atoms with E-state index in [1.54, 1.807) is 0 Å². The molecule has 0 saturated heterocycles. The van der Waals surface area contributed by atoms with Gasteiger partial charge in [-0.05, 0) is 25.7 Å². The van der Waals surface area contributed by atoms with E-state index in [0.29, 0.717) is 12.8 Å². The zero-order valence-electron chi connectivity index (χ0n) is 10.9. The fourth-order valence-electron chi connectivity index (χ4n) is 2.55. The van der Waals surface area contributed by atoms with E-state index in [4.69, 9.17) is 10.9 Å². The molecule has 0 bridgehead atoms. The molecular weight excluding hydrogens is 268 g/mol. The Labute approximate surface area is 113 Å². The van der Waals surface area contributed by atoms with Gasteiger partial charge >= 0.3 is 0 Å². The quantitative estimate of drug-likeness (QED) is 0.193. The largest absolute Gasteiger partial charge is 0.409 e. The molecule has 0 atom stereocenters. The highest BCUT2D eigenvalue weighted by Crippen LogP contribution is 2.28. The molecule has 0 radical (unpaired) electrons. The van der Waals surface area contributed by atoms with Gasteiger partial charge in [0.2, 0.25) is 0 Å². The Morgan fingerprint density at radius 3 is 2.26 bits per heavy atom. The normalized spacial score (nSPS) is 24.9. The zero-order chi connectivity index (χ0) is 13.9. The van der Waals surface area contributed by atoms with Crippen LogP contribution in [0.2, 0.25) is 0 Å². The maximum Gasteiger partial charge on any atom is 0.278 e. The van der Waals surface area contributed by atoms with E-state index < -0.39 is 15.7 Å². The second-order valence-corrected chi connectivity index (χ2v) is 6.93. The Hall–Kier alpha value is -0.860. The maximum absolute atomic E-state index is 12.1. The number of hydrogen-bond donors (Lipinski definition) is 4. The smallest absolute Gasteiger partial charge is 0.278 e. The second kappa shape index (κ2) is 5.64. The van der Waals surface area contributed by atoms with Crippen LogP contribution in [0.5, 0.6) is 0 Å². The number of nitrogens with one attached hydrogen (secondary N) is 2. The first kappa shape index (κ1) is 14.5. The standard InChI is InChI=1S/C11H22N4O3S/c12-10(13-16)11(7-3-1-2-4-8-11)15-19(17,18)14-9-5-6-9/h9,14-16H,1-8H2,(H2,12,13). The van der Waals surface area contributed by atoms with Crippen molar-refractivity contribution in [2.24, 2.45) is 10.9 Å². The van der Waals surface area contributed by atoms with Gasteiger partial charge in [-0.25, -0.2) is 0 Å². The Morgan fingerprint density at radius 1 is 1.21 bits per heavy atom. The topological polar surface area (TPSA) is 117 Å². The van der Waals surface area contributed by atoms with Crippen LogP contribution in [-0.4, -0.2) is 31.0 Å². The van der Waals surface area contributed by atoms with Crippen LogP contribution in [0.1, 0.15) is 51.4 Å². The van der Waals surface area contributed by atoms with Gasteiger partial charge in [-0.3, -0.25) is 0 Å². The van der Waals surface area contributed by atoms with Crippen LogP contribution in [0.3, 0.4) is 0 Å². The average molecular weight is 290 g/mol. The summed E-state index contributed by atoms with van der Waals surface area (Å²) in [7, 11) is -3.62. The minimum Gasteiger partial charge on any atom is -0.409 e. The van der Waals surface area contributed by atoms with Crippen molar-refractivity contribution in [2.75, 3.05) is 0 Å². The molecule has 2 aliphatic carbocycles. The van der Waals surface area contributed by atoms with Crippen molar-refractivity contribution in [1.82, 2.24) is 9.44 Å². The molecule has 110 valence electrons. The van der Waals surface area contributed by atoms with Gasteiger partial charge in [0.1, 0.15) is 0 Å². The summed E-state index contributed by atoms with van der Waals surface area (Å²) in [6.45, 7) is 0. The fraction of sp³-hybridized carbons (Fsp3) is 0.909. The van der Waals surface area contributed by atoms with Crippen molar-refractivity contribution in [3.63, 3.8) is 0 Å². The number of rotatable bonds is 5. The van der Waals surface area contributed by atoms with Gasteiger partial charge in [0.25, 0.3) is 10.2 Å². The van der Waals surface area contributed by atoms with Gasteiger partial charge in [-0.15, -0.1) is 0 Å². The molecule has 0 aromatic rings. The third-order valence-corrected chi connectivity index (χ3v) is 5.09. The summed E-state index contributed by atoms with van der Waals surface area (Å²) in [4.78, 5) is 0. The third-order valence-electron chi connectivity index (χ3n) is 3.78. The molecule has 0 aromatic carbocycles. The van der Waals surface area contributed by atoms with E-state index in [9.17, 15) is 8.42 Å². The lowest BCUT2D eigenvalue weighted by Crippen LogP contribution is -2.59. The Morgan fingerprint density at radius 2 is 1.79 bits per heavy atom. The molecule has 2 saturated carbocycles. The molecular formula is C11H22N4O3S. The monoisotopic (exact) mass is 290 g/mol. The number of oxime groups is 1. The Balaban J connectivity index is 2.16. The molecule has 8 heteroatoms. The average Bonchev–Trinajstić information content (AvgIpc) is 3.15. The van der Waals surface area contributed by atoms with E-state index in [1.165, 1.54) is 0 Å². The van der Waals surface area contributed by atoms with Crippen LogP contribution in [0.25, 0.3) is 0 Å². The van der Waals surface area contributed by atoms with E-state index >= 15 is 0 Å². The molecule has 2 aliphatic rings. The van der Waals surface area contributed by atoms with Crippen molar-refractivity contribution in [3.05, 3.63) is 0 Å². The molecule has 0 aliphatic heterocycles. The first-order valence-electron chi connectivity index (χ1n) is 6.77. The van der Waals surface area contributed by atoms with Crippen molar-refractivity contribution in [2.45, 2.75) is 62.9 Å². The number of nitrogens with two attached hydrogens (primary N) is 1. The van der Waals surface area contributed by atoms with Crippen LogP contribution >= 0.6 is 0 Å². The molecule has 0 amide bonds. The van der Waals surface area contributed by atoms with Gasteiger partial charge in [0.05, 0.1) is 5.54 Å². The molecule has 0 unspecified atom stereocenters. The van der Waals surface area contributed by atoms with Crippen molar-refractivity contribution in [1.29, 1.82) is 0 Å². The summed E-state index contributed by atoms with van der Waals surface area (Å²) in [6, 6.07) is 0.0348. The van der Waals surface area contributed by atoms with Crippen LogP contribution < -0.4 is 15.2 Å². The van der Waals surface area contributed by atoms with Gasteiger partial charge < -0.3 is 10.9 Å². The minimum atomic E-state index is -3.62. The molecule has 2 fully saturated rings. The molecule has 0 spiro atoms. The van der Waals surface area contributed by atoms with E-state index in [0.717, 1.165) is 38.5 Å². The summed E-state index contributed by atoms with van der Waals surface area (Å²) in [5, 5.41) is 12.0. The van der Waals surface area contributed by atoms with Gasteiger partial charge in [0, 0.05) is 6.04 Å². The predicted molar refractivity (Wildman–Crippen MR) is 72.1 cm³/mol. The van der Waals surface area contributed by atoms with Gasteiger partial charge in [-0.2, -0.15) is 17.9 Å². The first-order valence-corrected chi connectivity index (χ1v) is 8.25. The second-order valence-electron chi connectivity index (χ2n) is 5.48. The summed E-state index contributed by atoms with van der Waals surface area (Å²) in [6.07, 6.45) is 6.68. The third kappa shape index (κ3) is 3.80. The number of nitrogens with zero attached hydrogens (tertiary/aromatic N) is 1. The fourth-order valence-corrected chi connectivity index (χ4v) is 4.10. The summed E-state index contributed by atoms with van der Waals surface area (Å²) >= 11 is 0. The SMILES string of the molecule is NC(=NO)C1(NS(=O)(=O)NC2CC2)CCCCCC1. The van der Waals surface area contributed by atoms with Gasteiger partial charge in [0.15, 0.2) is 5.84 Å². The van der Waals surface area contributed by atoms with Gasteiger partial charge in [-0.1, -0.05) is 30.8 Å². The highest BCUT2D eigenvalue weighted by molar-refractivity contribution is 7.87. The lowest BCUT2D eigenvalue weighted by Gasteiger charge is -2.32. The van der Waals surface area contributed by atoms with E-state index in [2.05, 4.69) is 14.6 Å². The number of amidine groups is 1. The lowest BCUT2D eigenvalue weighted by atomic mass is 9.90. The van der Waals surface area contributed by atoms with Crippen molar-refractivity contribution < 1.29 is 13.6 Å². The predicted octanol–water partition coefficient (Wildman–Crippen LogP) is 0.412. The minimum absolute atomic E-state index is 0.0348. The van der Waals surface area contributed by atoms with Crippen LogP contribution in [-0.2, 0) is 10.2 Å². The first-order chi connectivity index (χ1) is 8.97. The zero-order valence-corrected chi connectivity index (χ0v) is 11.7.